The Hall–Kier alpha value is -4.30. The van der Waals surface area contributed by atoms with Gasteiger partial charge in [-0.2, -0.15) is 0 Å². The monoisotopic (exact) mass is 530 g/mol. The van der Waals surface area contributed by atoms with Crippen LogP contribution < -0.4 is 5.43 Å². The van der Waals surface area contributed by atoms with Crippen LogP contribution in [0.25, 0.3) is 11.0 Å². The van der Waals surface area contributed by atoms with Gasteiger partial charge in [-0.15, -0.1) is 0 Å². The lowest BCUT2D eigenvalue weighted by atomic mass is 10.1. The molecule has 0 radical (unpaired) electrons. The lowest BCUT2D eigenvalue weighted by Gasteiger charge is -2.28. The second-order valence-electron chi connectivity index (χ2n) is 9.40. The van der Waals surface area contributed by atoms with Crippen molar-refractivity contribution in [2.45, 2.75) is 26.4 Å². The fraction of sp³-hybridized carbons (Fsp3) is 0.258. The molecule has 0 saturated heterocycles. The van der Waals surface area contributed by atoms with Gasteiger partial charge in [0.15, 0.2) is 5.43 Å². The number of rotatable bonds is 11. The van der Waals surface area contributed by atoms with E-state index >= 15 is 0 Å². The van der Waals surface area contributed by atoms with E-state index in [2.05, 4.69) is 0 Å². The quantitative estimate of drug-likeness (QED) is 0.257. The number of carbonyl (C=O) groups is 2. The molecule has 1 aromatic heterocycles. The van der Waals surface area contributed by atoms with Crippen molar-refractivity contribution in [3.05, 3.63) is 117 Å². The minimum absolute atomic E-state index is 0.0337. The molecule has 8 heteroatoms. The van der Waals surface area contributed by atoms with Crippen molar-refractivity contribution in [3.8, 4) is 0 Å². The van der Waals surface area contributed by atoms with E-state index in [1.54, 1.807) is 55.6 Å². The molecule has 0 aliphatic heterocycles. The van der Waals surface area contributed by atoms with Gasteiger partial charge in [0.2, 0.25) is 5.91 Å². The summed E-state index contributed by atoms with van der Waals surface area (Å²) in [6, 6.07) is 19.9. The molecule has 39 heavy (non-hydrogen) atoms. The highest BCUT2D eigenvalue weighted by Gasteiger charge is 2.24. The maximum atomic E-state index is 13.7. The van der Waals surface area contributed by atoms with E-state index in [0.717, 1.165) is 5.56 Å². The number of para-hydroxylation sites is 1. The molecule has 0 aliphatic rings. The first-order valence-corrected chi connectivity index (χ1v) is 12.7. The first-order valence-electron chi connectivity index (χ1n) is 12.7. The molecule has 0 spiro atoms. The molecule has 202 valence electrons. The number of ether oxygens (including phenoxy) is 1. The molecule has 0 atom stereocenters. The van der Waals surface area contributed by atoms with Crippen LogP contribution >= 0.6 is 0 Å². The maximum absolute atomic E-state index is 13.7. The molecule has 1 heterocycles. The van der Waals surface area contributed by atoms with Crippen LogP contribution in [0.5, 0.6) is 0 Å². The van der Waals surface area contributed by atoms with Crippen LogP contribution in [-0.2, 0) is 22.6 Å². The third-order valence-electron chi connectivity index (χ3n) is 6.44. The van der Waals surface area contributed by atoms with Gasteiger partial charge in [0, 0.05) is 32.4 Å². The molecule has 0 bridgehead atoms. The Labute approximate surface area is 226 Å². The number of nitrogens with zero attached hydrogens (tertiary/aromatic N) is 2. The van der Waals surface area contributed by atoms with Gasteiger partial charge >= 0.3 is 0 Å². The zero-order chi connectivity index (χ0) is 27.8. The molecular formula is C31H31FN2O5. The summed E-state index contributed by atoms with van der Waals surface area (Å²) in [6.45, 7) is 2.57. The molecule has 0 aliphatic carbocycles. The summed E-state index contributed by atoms with van der Waals surface area (Å²) in [5.41, 5.74) is 2.71. The second kappa shape index (κ2) is 13.0. The Morgan fingerprint density at radius 2 is 1.64 bits per heavy atom. The Balaban J connectivity index is 1.62. The van der Waals surface area contributed by atoms with Crippen LogP contribution in [0.4, 0.5) is 4.39 Å². The molecule has 0 fully saturated rings. The van der Waals surface area contributed by atoms with Gasteiger partial charge < -0.3 is 19.0 Å². The minimum atomic E-state index is -0.389. The average Bonchev–Trinajstić information content (AvgIpc) is 2.95. The van der Waals surface area contributed by atoms with Crippen LogP contribution in [0, 0.1) is 12.7 Å². The van der Waals surface area contributed by atoms with Crippen LogP contribution in [0.2, 0.25) is 0 Å². The van der Waals surface area contributed by atoms with E-state index in [1.165, 1.54) is 28.2 Å². The number of halogens is 1. The molecule has 4 rings (SSSR count). The molecule has 4 aromatic rings. The van der Waals surface area contributed by atoms with Crippen LogP contribution in [-0.4, -0.2) is 48.4 Å². The molecule has 0 unspecified atom stereocenters. The van der Waals surface area contributed by atoms with Crippen LogP contribution in [0.3, 0.4) is 0 Å². The standard InChI is InChI=1S/C31H31FN2O5/c1-22-8-12-24(13-9-22)31(37)33(16-5-17-38-2)20-29(35)34(18-23-10-14-26(32)15-11-23)19-25-21-39-28-7-4-3-6-27(28)30(25)36/h3-4,6-15,21H,5,16-20H2,1-2H3. The maximum Gasteiger partial charge on any atom is 0.254 e. The highest BCUT2D eigenvalue weighted by atomic mass is 19.1. The predicted octanol–water partition coefficient (Wildman–Crippen LogP) is 4.95. The summed E-state index contributed by atoms with van der Waals surface area (Å²) in [4.78, 5) is 43.2. The van der Waals surface area contributed by atoms with Crippen molar-refractivity contribution < 1.29 is 23.1 Å². The lowest BCUT2D eigenvalue weighted by Crippen LogP contribution is -2.43. The van der Waals surface area contributed by atoms with E-state index in [9.17, 15) is 18.8 Å². The van der Waals surface area contributed by atoms with Crippen LogP contribution in [0.15, 0.2) is 88.3 Å². The highest BCUT2D eigenvalue weighted by molar-refractivity contribution is 5.96. The van der Waals surface area contributed by atoms with E-state index in [4.69, 9.17) is 9.15 Å². The molecule has 0 saturated carbocycles. The van der Waals surface area contributed by atoms with Crippen molar-refractivity contribution in [2.75, 3.05) is 26.8 Å². The van der Waals surface area contributed by atoms with Crippen molar-refractivity contribution in [1.29, 1.82) is 0 Å². The number of fused-ring (bicyclic) bond motifs is 1. The summed E-state index contributed by atoms with van der Waals surface area (Å²) < 4.78 is 24.3. The summed E-state index contributed by atoms with van der Waals surface area (Å²) in [5, 5.41) is 0.417. The third-order valence-corrected chi connectivity index (χ3v) is 6.44. The van der Waals surface area contributed by atoms with Gasteiger partial charge in [-0.3, -0.25) is 14.4 Å². The highest BCUT2D eigenvalue weighted by Crippen LogP contribution is 2.16. The SMILES string of the molecule is COCCCN(CC(=O)N(Cc1ccc(F)cc1)Cc1coc2ccccc2c1=O)C(=O)c1ccc(C)cc1. The molecule has 0 N–H and O–H groups in total. The second-order valence-corrected chi connectivity index (χ2v) is 9.40. The Kier molecular flexibility index (Phi) is 9.22. The molecule has 2 amide bonds. The molecule has 7 nitrogen and oxygen atoms in total. The Morgan fingerprint density at radius 1 is 0.923 bits per heavy atom. The average molecular weight is 531 g/mol. The van der Waals surface area contributed by atoms with Gasteiger partial charge in [-0.1, -0.05) is 42.0 Å². The number of carbonyl (C=O) groups excluding carboxylic acids is 2. The summed E-state index contributed by atoms with van der Waals surface area (Å²) in [6.07, 6.45) is 1.91. The number of hydrogen-bond donors (Lipinski definition) is 0. The summed E-state index contributed by atoms with van der Waals surface area (Å²) in [5.74, 6) is -1.02. The Morgan fingerprint density at radius 3 is 2.36 bits per heavy atom. The van der Waals surface area contributed by atoms with Gasteiger partial charge in [0.25, 0.3) is 5.91 Å². The van der Waals surface area contributed by atoms with Gasteiger partial charge in [-0.25, -0.2) is 4.39 Å². The minimum Gasteiger partial charge on any atom is -0.464 e. The fourth-order valence-electron chi connectivity index (χ4n) is 4.27. The van der Waals surface area contributed by atoms with Gasteiger partial charge in [0.05, 0.1) is 23.8 Å². The van der Waals surface area contributed by atoms with Crippen molar-refractivity contribution in [1.82, 2.24) is 9.80 Å². The molecule has 3 aromatic carbocycles. The lowest BCUT2D eigenvalue weighted by molar-refractivity contribution is -0.133. The smallest absolute Gasteiger partial charge is 0.254 e. The van der Waals surface area contributed by atoms with E-state index in [1.807, 2.05) is 19.1 Å². The predicted molar refractivity (Wildman–Crippen MR) is 147 cm³/mol. The van der Waals surface area contributed by atoms with Gasteiger partial charge in [0.1, 0.15) is 17.9 Å². The zero-order valence-electron chi connectivity index (χ0n) is 22.1. The first kappa shape index (κ1) is 27.7. The normalized spacial score (nSPS) is 10.9. The zero-order valence-corrected chi connectivity index (χ0v) is 22.1. The van der Waals surface area contributed by atoms with Crippen molar-refractivity contribution in [2.24, 2.45) is 0 Å². The Bertz CT molecular complexity index is 1480. The van der Waals surface area contributed by atoms with Gasteiger partial charge in [-0.05, 0) is 55.3 Å². The van der Waals surface area contributed by atoms with E-state index in [0.29, 0.717) is 47.2 Å². The van der Waals surface area contributed by atoms with Crippen molar-refractivity contribution in [3.63, 3.8) is 0 Å². The number of aryl methyl sites for hydroxylation is 1. The summed E-state index contributed by atoms with van der Waals surface area (Å²) >= 11 is 0. The van der Waals surface area contributed by atoms with Crippen LogP contribution in [0.1, 0.15) is 33.5 Å². The first-order chi connectivity index (χ1) is 18.9. The van der Waals surface area contributed by atoms with Crippen molar-refractivity contribution >= 4 is 22.8 Å². The third kappa shape index (κ3) is 7.18. The summed E-state index contributed by atoms with van der Waals surface area (Å²) in [7, 11) is 1.58. The number of benzene rings is 3. The van der Waals surface area contributed by atoms with E-state index in [-0.39, 0.29) is 42.7 Å². The molecular weight excluding hydrogens is 499 g/mol. The topological polar surface area (TPSA) is 80.1 Å². The van der Waals surface area contributed by atoms with E-state index < -0.39 is 0 Å². The number of methoxy groups -OCH3 is 1. The number of hydrogen-bond acceptors (Lipinski definition) is 5. The number of amides is 2. The largest absolute Gasteiger partial charge is 0.464 e. The fourth-order valence-corrected chi connectivity index (χ4v) is 4.27.